The Hall–Kier alpha value is -0.570. The van der Waals surface area contributed by atoms with E-state index in [0.717, 1.165) is 25.7 Å². The second-order valence-electron chi connectivity index (χ2n) is 6.16. The second kappa shape index (κ2) is 9.35. The van der Waals surface area contributed by atoms with Gasteiger partial charge in [-0.2, -0.15) is 0 Å². The Kier molecular flexibility index (Phi) is 8.11. The molecule has 0 saturated heterocycles. The molecule has 3 nitrogen and oxygen atoms in total. The third-order valence-corrected chi connectivity index (χ3v) is 4.34. The zero-order valence-corrected chi connectivity index (χ0v) is 12.7. The van der Waals surface area contributed by atoms with Crippen molar-refractivity contribution in [3.63, 3.8) is 0 Å². The third-order valence-electron chi connectivity index (χ3n) is 4.34. The summed E-state index contributed by atoms with van der Waals surface area (Å²) in [6.45, 7) is 4.51. The van der Waals surface area contributed by atoms with Crippen molar-refractivity contribution in [2.45, 2.75) is 90.1 Å². The van der Waals surface area contributed by atoms with E-state index in [0.29, 0.717) is 12.1 Å². The van der Waals surface area contributed by atoms with Crippen LogP contribution in [0.5, 0.6) is 0 Å². The monoisotopic (exact) mass is 269 g/mol. The van der Waals surface area contributed by atoms with E-state index in [2.05, 4.69) is 19.2 Å². The highest BCUT2D eigenvalue weighted by atomic mass is 16.4. The molecule has 0 amide bonds. The molecule has 0 aromatic rings. The molecule has 3 heteroatoms. The summed E-state index contributed by atoms with van der Waals surface area (Å²) in [6, 6.07) is 1.12. The second-order valence-corrected chi connectivity index (χ2v) is 6.16. The highest BCUT2D eigenvalue weighted by Gasteiger charge is 2.26. The lowest BCUT2D eigenvalue weighted by molar-refractivity contribution is -0.142. The molecule has 1 aliphatic carbocycles. The van der Waals surface area contributed by atoms with Crippen molar-refractivity contribution in [1.29, 1.82) is 0 Å². The molecular weight excluding hydrogens is 238 g/mol. The third kappa shape index (κ3) is 6.95. The molecule has 0 bridgehead atoms. The smallest absolute Gasteiger partial charge is 0.306 e. The lowest BCUT2D eigenvalue weighted by atomic mass is 9.86. The zero-order valence-electron chi connectivity index (χ0n) is 12.7. The molecule has 1 saturated carbocycles. The van der Waals surface area contributed by atoms with Crippen LogP contribution in [0.25, 0.3) is 0 Å². The van der Waals surface area contributed by atoms with Crippen molar-refractivity contribution in [1.82, 2.24) is 5.32 Å². The van der Waals surface area contributed by atoms with Crippen molar-refractivity contribution < 1.29 is 9.90 Å². The fourth-order valence-corrected chi connectivity index (χ4v) is 3.05. The van der Waals surface area contributed by atoms with E-state index in [1.54, 1.807) is 0 Å². The molecule has 2 N–H and O–H groups in total. The predicted molar refractivity (Wildman–Crippen MR) is 79.4 cm³/mol. The van der Waals surface area contributed by atoms with Gasteiger partial charge in [-0.15, -0.1) is 0 Å². The lowest BCUT2D eigenvalue weighted by Crippen LogP contribution is -2.40. The molecule has 0 radical (unpaired) electrons. The van der Waals surface area contributed by atoms with Gasteiger partial charge in [0.2, 0.25) is 0 Å². The van der Waals surface area contributed by atoms with Gasteiger partial charge in [0, 0.05) is 12.1 Å². The van der Waals surface area contributed by atoms with Crippen LogP contribution < -0.4 is 5.32 Å². The van der Waals surface area contributed by atoms with Crippen molar-refractivity contribution in [2.75, 3.05) is 0 Å². The molecule has 0 heterocycles. The summed E-state index contributed by atoms with van der Waals surface area (Å²) in [5.74, 6) is -0.704. The minimum atomic E-state index is -0.609. The lowest BCUT2D eigenvalue weighted by Gasteiger charge is -2.29. The number of hydrogen-bond donors (Lipinski definition) is 2. The van der Waals surface area contributed by atoms with Crippen molar-refractivity contribution in [3.8, 4) is 0 Å². The molecule has 0 spiro atoms. The Bertz CT molecular complexity index is 247. The van der Waals surface area contributed by atoms with Crippen LogP contribution in [-0.2, 0) is 4.79 Å². The SMILES string of the molecule is CCCCCCCC(C)NC1CCC(C(=O)O)CC1. The van der Waals surface area contributed by atoms with Gasteiger partial charge in [-0.3, -0.25) is 4.79 Å². The summed E-state index contributed by atoms with van der Waals surface area (Å²) < 4.78 is 0. The van der Waals surface area contributed by atoms with Crippen molar-refractivity contribution in [3.05, 3.63) is 0 Å². The van der Waals surface area contributed by atoms with Gasteiger partial charge in [0.15, 0.2) is 0 Å². The molecule has 19 heavy (non-hydrogen) atoms. The fourth-order valence-electron chi connectivity index (χ4n) is 3.05. The van der Waals surface area contributed by atoms with E-state index in [9.17, 15) is 4.79 Å². The number of nitrogens with one attached hydrogen (secondary N) is 1. The number of carbonyl (C=O) groups is 1. The van der Waals surface area contributed by atoms with E-state index >= 15 is 0 Å². The Morgan fingerprint density at radius 2 is 1.79 bits per heavy atom. The molecule has 1 atom stereocenters. The van der Waals surface area contributed by atoms with E-state index < -0.39 is 5.97 Å². The van der Waals surface area contributed by atoms with Crippen LogP contribution in [0.3, 0.4) is 0 Å². The first-order valence-corrected chi connectivity index (χ1v) is 8.12. The van der Waals surface area contributed by atoms with Crippen molar-refractivity contribution >= 4 is 5.97 Å². The minimum Gasteiger partial charge on any atom is -0.481 e. The average molecular weight is 269 g/mol. The first kappa shape index (κ1) is 16.5. The largest absolute Gasteiger partial charge is 0.481 e. The van der Waals surface area contributed by atoms with E-state index in [1.165, 1.54) is 38.5 Å². The van der Waals surface area contributed by atoms with Crippen LogP contribution in [0.2, 0.25) is 0 Å². The number of rotatable bonds is 9. The Morgan fingerprint density at radius 3 is 2.37 bits per heavy atom. The van der Waals surface area contributed by atoms with Crippen LogP contribution in [0.15, 0.2) is 0 Å². The van der Waals surface area contributed by atoms with Gasteiger partial charge in [-0.05, 0) is 39.0 Å². The molecule has 1 aliphatic rings. The number of carboxylic acid groups (broad SMARTS) is 1. The Morgan fingerprint density at radius 1 is 1.16 bits per heavy atom. The molecule has 112 valence electrons. The molecule has 1 fully saturated rings. The molecule has 0 aromatic heterocycles. The maximum atomic E-state index is 10.9. The summed E-state index contributed by atoms with van der Waals surface area (Å²) >= 11 is 0. The molecule has 0 aliphatic heterocycles. The first-order chi connectivity index (χ1) is 9.13. The number of carboxylic acids is 1. The van der Waals surface area contributed by atoms with Crippen LogP contribution in [0.4, 0.5) is 0 Å². The van der Waals surface area contributed by atoms with Crippen LogP contribution in [-0.4, -0.2) is 23.2 Å². The standard InChI is InChI=1S/C16H31NO2/c1-3-4-5-6-7-8-13(2)17-15-11-9-14(10-12-15)16(18)19/h13-15,17H,3-12H2,1-2H3,(H,18,19). The topological polar surface area (TPSA) is 49.3 Å². The quantitative estimate of drug-likeness (QED) is 0.623. The van der Waals surface area contributed by atoms with Gasteiger partial charge in [0.1, 0.15) is 0 Å². The fraction of sp³-hybridized carbons (Fsp3) is 0.938. The maximum Gasteiger partial charge on any atom is 0.306 e. The Balaban J connectivity index is 2.06. The van der Waals surface area contributed by atoms with Gasteiger partial charge in [0.05, 0.1) is 5.92 Å². The summed E-state index contributed by atoms with van der Waals surface area (Å²) in [5.41, 5.74) is 0. The van der Waals surface area contributed by atoms with E-state index in [1.807, 2.05) is 0 Å². The molecule has 0 aromatic carbocycles. The van der Waals surface area contributed by atoms with Gasteiger partial charge >= 0.3 is 5.97 Å². The van der Waals surface area contributed by atoms with Crippen molar-refractivity contribution in [2.24, 2.45) is 5.92 Å². The van der Waals surface area contributed by atoms with Gasteiger partial charge in [-0.25, -0.2) is 0 Å². The number of unbranched alkanes of at least 4 members (excludes halogenated alkanes) is 4. The molecular formula is C16H31NO2. The van der Waals surface area contributed by atoms with Crippen LogP contribution in [0, 0.1) is 5.92 Å². The van der Waals surface area contributed by atoms with E-state index in [-0.39, 0.29) is 5.92 Å². The van der Waals surface area contributed by atoms with Crippen LogP contribution in [0.1, 0.15) is 78.1 Å². The van der Waals surface area contributed by atoms with Crippen LogP contribution >= 0.6 is 0 Å². The highest BCUT2D eigenvalue weighted by molar-refractivity contribution is 5.70. The Labute approximate surface area is 118 Å². The summed E-state index contributed by atoms with van der Waals surface area (Å²) in [4.78, 5) is 10.9. The average Bonchev–Trinajstić information content (AvgIpc) is 2.39. The van der Waals surface area contributed by atoms with Gasteiger partial charge in [-0.1, -0.05) is 39.0 Å². The predicted octanol–water partition coefficient (Wildman–Crippen LogP) is 3.97. The number of aliphatic carboxylic acids is 1. The summed E-state index contributed by atoms with van der Waals surface area (Å²) in [5, 5.41) is 12.6. The van der Waals surface area contributed by atoms with E-state index in [4.69, 9.17) is 5.11 Å². The normalized spacial score (nSPS) is 25.2. The summed E-state index contributed by atoms with van der Waals surface area (Å²) in [7, 11) is 0. The van der Waals surface area contributed by atoms with Gasteiger partial charge in [0.25, 0.3) is 0 Å². The minimum absolute atomic E-state index is 0.0950. The maximum absolute atomic E-state index is 10.9. The molecule has 1 unspecified atom stereocenters. The summed E-state index contributed by atoms with van der Waals surface area (Å²) in [6.07, 6.45) is 11.7. The number of hydrogen-bond acceptors (Lipinski definition) is 2. The first-order valence-electron chi connectivity index (χ1n) is 8.12. The highest BCUT2D eigenvalue weighted by Crippen LogP contribution is 2.25. The molecule has 1 rings (SSSR count). The van der Waals surface area contributed by atoms with Gasteiger partial charge < -0.3 is 10.4 Å². The zero-order chi connectivity index (χ0) is 14.1.